The molecule has 0 aromatic rings. The van der Waals surface area contributed by atoms with E-state index >= 15 is 0 Å². The third kappa shape index (κ3) is 2.67. The number of nitrogens with zero attached hydrogens (tertiary/aromatic N) is 1. The SMILES string of the molecule is COCCN1CCC[C@H]1C(=O)OC. The van der Waals surface area contributed by atoms with E-state index in [1.54, 1.807) is 7.11 Å². The summed E-state index contributed by atoms with van der Waals surface area (Å²) in [6, 6.07) is -0.0415. The molecule has 0 N–H and O–H groups in total. The first kappa shape index (κ1) is 10.5. The van der Waals surface area contributed by atoms with E-state index in [1.165, 1.54) is 7.11 Å². The van der Waals surface area contributed by atoms with Gasteiger partial charge in [0.25, 0.3) is 0 Å². The average Bonchev–Trinajstić information content (AvgIpc) is 2.61. The fourth-order valence-corrected chi connectivity index (χ4v) is 1.71. The second kappa shape index (κ2) is 5.19. The van der Waals surface area contributed by atoms with Crippen molar-refractivity contribution >= 4 is 5.97 Å². The maximum Gasteiger partial charge on any atom is 0.323 e. The Kier molecular flexibility index (Phi) is 4.18. The van der Waals surface area contributed by atoms with Crippen molar-refractivity contribution in [2.45, 2.75) is 18.9 Å². The molecular weight excluding hydrogens is 170 g/mol. The summed E-state index contributed by atoms with van der Waals surface area (Å²) in [7, 11) is 3.11. The molecule has 1 saturated heterocycles. The van der Waals surface area contributed by atoms with Gasteiger partial charge in [0.15, 0.2) is 0 Å². The van der Waals surface area contributed by atoms with Crippen LogP contribution in [-0.4, -0.2) is 50.8 Å². The van der Waals surface area contributed by atoms with Gasteiger partial charge in [0, 0.05) is 13.7 Å². The molecule has 76 valence electrons. The monoisotopic (exact) mass is 187 g/mol. The van der Waals surface area contributed by atoms with Crippen LogP contribution in [0.4, 0.5) is 0 Å². The zero-order chi connectivity index (χ0) is 9.68. The van der Waals surface area contributed by atoms with Crippen LogP contribution >= 0.6 is 0 Å². The second-order valence-corrected chi connectivity index (χ2v) is 3.21. The summed E-state index contributed by atoms with van der Waals surface area (Å²) in [5.41, 5.74) is 0. The lowest BCUT2D eigenvalue weighted by Crippen LogP contribution is -2.38. The van der Waals surface area contributed by atoms with Gasteiger partial charge in [0.05, 0.1) is 13.7 Å². The molecule has 0 saturated carbocycles. The predicted octanol–water partition coefficient (Wildman–Crippen LogP) is 0.270. The second-order valence-electron chi connectivity index (χ2n) is 3.21. The fourth-order valence-electron chi connectivity index (χ4n) is 1.71. The third-order valence-corrected chi connectivity index (χ3v) is 2.42. The molecule has 0 spiro atoms. The van der Waals surface area contributed by atoms with Gasteiger partial charge in [-0.15, -0.1) is 0 Å². The van der Waals surface area contributed by atoms with E-state index in [9.17, 15) is 4.79 Å². The first-order chi connectivity index (χ1) is 6.29. The number of esters is 1. The number of ether oxygens (including phenoxy) is 2. The largest absolute Gasteiger partial charge is 0.468 e. The van der Waals surface area contributed by atoms with Crippen molar-refractivity contribution in [3.63, 3.8) is 0 Å². The van der Waals surface area contributed by atoms with Gasteiger partial charge in [0.2, 0.25) is 0 Å². The third-order valence-electron chi connectivity index (χ3n) is 2.42. The van der Waals surface area contributed by atoms with Gasteiger partial charge < -0.3 is 9.47 Å². The van der Waals surface area contributed by atoms with Gasteiger partial charge in [-0.25, -0.2) is 0 Å². The van der Waals surface area contributed by atoms with Gasteiger partial charge in [-0.2, -0.15) is 0 Å². The van der Waals surface area contributed by atoms with E-state index < -0.39 is 0 Å². The number of likely N-dealkylation sites (tertiary alicyclic amines) is 1. The van der Waals surface area contributed by atoms with Crippen LogP contribution in [0.15, 0.2) is 0 Å². The molecule has 0 aliphatic carbocycles. The summed E-state index contributed by atoms with van der Waals surface area (Å²) < 4.78 is 9.69. The number of rotatable bonds is 4. The van der Waals surface area contributed by atoms with Crippen LogP contribution in [0.2, 0.25) is 0 Å². The summed E-state index contributed by atoms with van der Waals surface area (Å²) in [6.07, 6.45) is 1.99. The fraction of sp³-hybridized carbons (Fsp3) is 0.889. The van der Waals surface area contributed by atoms with Gasteiger partial charge in [0.1, 0.15) is 6.04 Å². The normalized spacial score (nSPS) is 23.4. The number of methoxy groups -OCH3 is 2. The molecule has 1 fully saturated rings. The molecule has 1 atom stereocenters. The first-order valence-corrected chi connectivity index (χ1v) is 4.60. The van der Waals surface area contributed by atoms with Crippen molar-refractivity contribution < 1.29 is 14.3 Å². The smallest absolute Gasteiger partial charge is 0.323 e. The Morgan fingerprint density at radius 2 is 2.31 bits per heavy atom. The molecule has 1 rings (SSSR count). The van der Waals surface area contributed by atoms with Crippen LogP contribution in [0.3, 0.4) is 0 Å². The molecule has 1 aliphatic rings. The topological polar surface area (TPSA) is 38.8 Å². The summed E-state index contributed by atoms with van der Waals surface area (Å²) in [4.78, 5) is 13.4. The highest BCUT2D eigenvalue weighted by molar-refractivity contribution is 5.75. The van der Waals surface area contributed by atoms with Crippen molar-refractivity contribution in [2.75, 3.05) is 33.9 Å². The van der Waals surface area contributed by atoms with Gasteiger partial charge >= 0.3 is 5.97 Å². The van der Waals surface area contributed by atoms with Crippen LogP contribution in [0.5, 0.6) is 0 Å². The molecule has 4 heteroatoms. The minimum Gasteiger partial charge on any atom is -0.468 e. The van der Waals surface area contributed by atoms with Gasteiger partial charge in [-0.1, -0.05) is 0 Å². The zero-order valence-electron chi connectivity index (χ0n) is 8.28. The van der Waals surface area contributed by atoms with E-state index in [-0.39, 0.29) is 12.0 Å². The van der Waals surface area contributed by atoms with Crippen molar-refractivity contribution in [2.24, 2.45) is 0 Å². The molecule has 0 aromatic heterocycles. The van der Waals surface area contributed by atoms with Crippen LogP contribution in [0.25, 0.3) is 0 Å². The lowest BCUT2D eigenvalue weighted by Gasteiger charge is -2.21. The molecule has 0 radical (unpaired) electrons. The van der Waals surface area contributed by atoms with Crippen molar-refractivity contribution in [3.05, 3.63) is 0 Å². The highest BCUT2D eigenvalue weighted by Gasteiger charge is 2.30. The first-order valence-electron chi connectivity index (χ1n) is 4.60. The van der Waals surface area contributed by atoms with E-state index in [0.29, 0.717) is 6.61 Å². The molecule has 0 bridgehead atoms. The minimum atomic E-state index is -0.117. The van der Waals surface area contributed by atoms with Crippen LogP contribution in [-0.2, 0) is 14.3 Å². The Morgan fingerprint density at radius 1 is 1.54 bits per heavy atom. The molecule has 1 heterocycles. The molecule has 1 aliphatic heterocycles. The van der Waals surface area contributed by atoms with E-state index in [0.717, 1.165) is 25.9 Å². The Bertz CT molecular complexity index is 172. The number of carbonyl (C=O) groups is 1. The summed E-state index contributed by atoms with van der Waals surface area (Å²) in [5, 5.41) is 0. The molecule has 13 heavy (non-hydrogen) atoms. The minimum absolute atomic E-state index is 0.0415. The molecule has 0 unspecified atom stereocenters. The highest BCUT2D eigenvalue weighted by atomic mass is 16.5. The number of hydrogen-bond donors (Lipinski definition) is 0. The highest BCUT2D eigenvalue weighted by Crippen LogP contribution is 2.17. The molecule has 0 amide bonds. The Balaban J connectivity index is 2.39. The zero-order valence-corrected chi connectivity index (χ0v) is 8.28. The Hall–Kier alpha value is -0.610. The van der Waals surface area contributed by atoms with Crippen LogP contribution in [0, 0.1) is 0 Å². The van der Waals surface area contributed by atoms with Gasteiger partial charge in [-0.3, -0.25) is 9.69 Å². The quantitative estimate of drug-likeness (QED) is 0.592. The lowest BCUT2D eigenvalue weighted by atomic mass is 10.2. The summed E-state index contributed by atoms with van der Waals surface area (Å²) >= 11 is 0. The predicted molar refractivity (Wildman–Crippen MR) is 48.5 cm³/mol. The summed E-state index contributed by atoms with van der Waals surface area (Å²) in [6.45, 7) is 2.47. The van der Waals surface area contributed by atoms with E-state index in [2.05, 4.69) is 4.90 Å². The van der Waals surface area contributed by atoms with Crippen LogP contribution < -0.4 is 0 Å². The Labute approximate surface area is 78.8 Å². The average molecular weight is 187 g/mol. The molecule has 0 aromatic carbocycles. The molecular formula is C9H17NO3. The Morgan fingerprint density at radius 3 is 2.92 bits per heavy atom. The van der Waals surface area contributed by atoms with E-state index in [1.807, 2.05) is 0 Å². The summed E-state index contributed by atoms with van der Waals surface area (Å²) in [5.74, 6) is -0.117. The van der Waals surface area contributed by atoms with Crippen LogP contribution in [0.1, 0.15) is 12.8 Å². The number of hydrogen-bond acceptors (Lipinski definition) is 4. The maximum absolute atomic E-state index is 11.3. The number of carbonyl (C=O) groups excluding carboxylic acids is 1. The lowest BCUT2D eigenvalue weighted by molar-refractivity contribution is -0.146. The van der Waals surface area contributed by atoms with Crippen molar-refractivity contribution in [3.8, 4) is 0 Å². The molecule has 4 nitrogen and oxygen atoms in total. The maximum atomic E-state index is 11.3. The van der Waals surface area contributed by atoms with Gasteiger partial charge in [-0.05, 0) is 19.4 Å². The van der Waals surface area contributed by atoms with Crippen molar-refractivity contribution in [1.82, 2.24) is 4.90 Å². The standard InChI is InChI=1S/C9H17NO3/c1-12-7-6-10-5-3-4-8(10)9(11)13-2/h8H,3-7H2,1-2H3/t8-/m0/s1. The van der Waals surface area contributed by atoms with E-state index in [4.69, 9.17) is 9.47 Å². The van der Waals surface area contributed by atoms with Crippen molar-refractivity contribution in [1.29, 1.82) is 0 Å².